The third-order valence-electron chi connectivity index (χ3n) is 4.01. The SMILES string of the molecule is C=CCNC(=NCC(=O)N(C)C)NC1CCN(c2ccc(Br)cc2)C1.I. The zero-order valence-corrected chi connectivity index (χ0v) is 19.2. The summed E-state index contributed by atoms with van der Waals surface area (Å²) >= 11 is 3.47. The summed E-state index contributed by atoms with van der Waals surface area (Å²) in [5.41, 5.74) is 1.22. The van der Waals surface area contributed by atoms with E-state index in [-0.39, 0.29) is 42.5 Å². The molecule has 1 aromatic rings. The normalized spacial score (nSPS) is 16.7. The molecule has 1 aliphatic heterocycles. The number of nitrogens with one attached hydrogen (secondary N) is 2. The van der Waals surface area contributed by atoms with Gasteiger partial charge in [-0.25, -0.2) is 4.99 Å². The minimum absolute atomic E-state index is 0. The fraction of sp³-hybridized carbons (Fsp3) is 0.444. The lowest BCUT2D eigenvalue weighted by atomic mass is 10.3. The molecule has 144 valence electrons. The van der Waals surface area contributed by atoms with Crippen molar-refractivity contribution in [1.29, 1.82) is 0 Å². The van der Waals surface area contributed by atoms with Gasteiger partial charge in [-0.15, -0.1) is 30.6 Å². The van der Waals surface area contributed by atoms with Crippen LogP contribution in [-0.2, 0) is 4.79 Å². The second-order valence-corrected chi connectivity index (χ2v) is 7.09. The molecule has 1 fully saturated rings. The van der Waals surface area contributed by atoms with Crippen LogP contribution < -0.4 is 15.5 Å². The van der Waals surface area contributed by atoms with Crippen LogP contribution in [0.1, 0.15) is 6.42 Å². The van der Waals surface area contributed by atoms with Crippen LogP contribution in [0.25, 0.3) is 0 Å². The number of rotatable bonds is 6. The van der Waals surface area contributed by atoms with Gasteiger partial charge in [-0.05, 0) is 30.7 Å². The Kier molecular flexibility index (Phi) is 10.0. The fourth-order valence-corrected chi connectivity index (χ4v) is 2.83. The van der Waals surface area contributed by atoms with Gasteiger partial charge in [-0.2, -0.15) is 0 Å². The van der Waals surface area contributed by atoms with Gasteiger partial charge in [-0.1, -0.05) is 22.0 Å². The number of nitrogens with zero attached hydrogens (tertiary/aromatic N) is 3. The minimum atomic E-state index is -0.0254. The number of halogens is 2. The Labute approximate surface area is 181 Å². The van der Waals surface area contributed by atoms with E-state index in [4.69, 9.17) is 0 Å². The Morgan fingerprint density at radius 1 is 1.42 bits per heavy atom. The molecule has 1 atom stereocenters. The maximum absolute atomic E-state index is 11.8. The van der Waals surface area contributed by atoms with E-state index >= 15 is 0 Å². The van der Waals surface area contributed by atoms with Crippen molar-refractivity contribution < 1.29 is 4.79 Å². The van der Waals surface area contributed by atoms with E-state index in [1.165, 1.54) is 5.69 Å². The van der Waals surface area contributed by atoms with Gasteiger partial charge in [0.1, 0.15) is 6.54 Å². The molecule has 1 aliphatic rings. The third kappa shape index (κ3) is 7.14. The standard InChI is InChI=1S/C18H26BrN5O.HI/c1-4-10-20-18(21-12-17(25)23(2)3)22-15-9-11-24(13-15)16-7-5-14(19)6-8-16;/h4-8,15H,1,9-13H2,2-3H3,(H2,20,21,22);1H. The van der Waals surface area contributed by atoms with E-state index in [0.29, 0.717) is 12.5 Å². The van der Waals surface area contributed by atoms with Crippen LogP contribution in [0, 0.1) is 0 Å². The average molecular weight is 536 g/mol. The van der Waals surface area contributed by atoms with E-state index in [9.17, 15) is 4.79 Å². The number of hydrogen-bond acceptors (Lipinski definition) is 3. The number of aliphatic imine (C=N–C) groups is 1. The number of guanidine groups is 1. The Morgan fingerprint density at radius 2 is 2.12 bits per heavy atom. The Bertz CT molecular complexity index is 621. The predicted octanol–water partition coefficient (Wildman–Crippen LogP) is 2.46. The smallest absolute Gasteiger partial charge is 0.243 e. The number of carbonyl (C=O) groups excluding carboxylic acids is 1. The summed E-state index contributed by atoms with van der Waals surface area (Å²) in [7, 11) is 3.46. The summed E-state index contributed by atoms with van der Waals surface area (Å²) in [5.74, 6) is 0.625. The molecule has 8 heteroatoms. The van der Waals surface area contributed by atoms with E-state index in [1.54, 1.807) is 25.1 Å². The topological polar surface area (TPSA) is 60.0 Å². The van der Waals surface area contributed by atoms with Crippen LogP contribution in [0.3, 0.4) is 0 Å². The molecular weight excluding hydrogens is 509 g/mol. The summed E-state index contributed by atoms with van der Waals surface area (Å²) in [4.78, 5) is 20.0. The third-order valence-corrected chi connectivity index (χ3v) is 4.53. The Hall–Kier alpha value is -1.29. The number of carbonyl (C=O) groups is 1. The van der Waals surface area contributed by atoms with Crippen LogP contribution >= 0.6 is 39.9 Å². The van der Waals surface area contributed by atoms with Gasteiger partial charge in [0.15, 0.2) is 5.96 Å². The lowest BCUT2D eigenvalue weighted by Gasteiger charge is -2.20. The van der Waals surface area contributed by atoms with Crippen molar-refractivity contribution in [2.45, 2.75) is 12.5 Å². The number of amides is 1. The maximum atomic E-state index is 11.8. The van der Waals surface area contributed by atoms with Crippen LogP contribution in [0.4, 0.5) is 5.69 Å². The first-order valence-corrected chi connectivity index (χ1v) is 9.15. The number of benzene rings is 1. The van der Waals surface area contributed by atoms with Gasteiger partial charge < -0.3 is 20.4 Å². The molecule has 26 heavy (non-hydrogen) atoms. The summed E-state index contributed by atoms with van der Waals surface area (Å²) < 4.78 is 1.08. The first kappa shape index (κ1) is 22.8. The number of hydrogen-bond donors (Lipinski definition) is 2. The zero-order valence-electron chi connectivity index (χ0n) is 15.2. The van der Waals surface area contributed by atoms with E-state index in [2.05, 4.69) is 67.3 Å². The van der Waals surface area contributed by atoms with Gasteiger partial charge in [0.2, 0.25) is 5.91 Å². The largest absolute Gasteiger partial charge is 0.369 e. The molecule has 0 radical (unpaired) electrons. The minimum Gasteiger partial charge on any atom is -0.369 e. The van der Waals surface area contributed by atoms with Crippen LogP contribution in [0.5, 0.6) is 0 Å². The average Bonchev–Trinajstić information content (AvgIpc) is 3.06. The monoisotopic (exact) mass is 535 g/mol. The van der Waals surface area contributed by atoms with Crippen molar-refractivity contribution >= 4 is 57.5 Å². The highest BCUT2D eigenvalue weighted by Crippen LogP contribution is 2.22. The Balaban J connectivity index is 0.00000338. The molecule has 0 aromatic heterocycles. The van der Waals surface area contributed by atoms with Crippen molar-refractivity contribution in [2.24, 2.45) is 4.99 Å². The molecule has 1 heterocycles. The summed E-state index contributed by atoms with van der Waals surface area (Å²) in [5, 5.41) is 6.60. The summed E-state index contributed by atoms with van der Waals surface area (Å²) in [6.45, 7) is 6.34. The second-order valence-electron chi connectivity index (χ2n) is 6.17. The van der Waals surface area contributed by atoms with E-state index in [1.807, 2.05) is 0 Å². The van der Waals surface area contributed by atoms with Crippen molar-refractivity contribution in [3.63, 3.8) is 0 Å². The highest BCUT2D eigenvalue weighted by atomic mass is 127. The predicted molar refractivity (Wildman–Crippen MR) is 123 cm³/mol. The lowest BCUT2D eigenvalue weighted by Crippen LogP contribution is -2.45. The fourth-order valence-electron chi connectivity index (χ4n) is 2.57. The molecule has 6 nitrogen and oxygen atoms in total. The molecule has 1 unspecified atom stereocenters. The van der Waals surface area contributed by atoms with Crippen LogP contribution in [0.2, 0.25) is 0 Å². The molecular formula is C18H27BrIN5O. The molecule has 0 bridgehead atoms. The quantitative estimate of drug-likeness (QED) is 0.254. The van der Waals surface area contributed by atoms with Crippen LogP contribution in [-0.4, -0.2) is 63.1 Å². The number of anilines is 1. The molecule has 2 N–H and O–H groups in total. The first-order chi connectivity index (χ1) is 12.0. The van der Waals surface area contributed by atoms with E-state index < -0.39 is 0 Å². The van der Waals surface area contributed by atoms with Gasteiger partial charge in [-0.3, -0.25) is 4.79 Å². The molecule has 1 amide bonds. The lowest BCUT2D eigenvalue weighted by molar-refractivity contribution is -0.127. The molecule has 0 aliphatic carbocycles. The Morgan fingerprint density at radius 3 is 2.73 bits per heavy atom. The van der Waals surface area contributed by atoms with Crippen molar-refractivity contribution in [3.05, 3.63) is 41.4 Å². The molecule has 1 aromatic carbocycles. The molecule has 1 saturated heterocycles. The highest BCUT2D eigenvalue weighted by Gasteiger charge is 2.23. The van der Waals surface area contributed by atoms with Gasteiger partial charge >= 0.3 is 0 Å². The van der Waals surface area contributed by atoms with Gasteiger partial charge in [0.05, 0.1) is 0 Å². The molecule has 2 rings (SSSR count). The van der Waals surface area contributed by atoms with Crippen molar-refractivity contribution in [3.8, 4) is 0 Å². The highest BCUT2D eigenvalue weighted by molar-refractivity contribution is 14.0. The van der Waals surface area contributed by atoms with Crippen LogP contribution in [0.15, 0.2) is 46.4 Å². The van der Waals surface area contributed by atoms with Crippen molar-refractivity contribution in [1.82, 2.24) is 15.5 Å². The zero-order chi connectivity index (χ0) is 18.2. The van der Waals surface area contributed by atoms with Gasteiger partial charge in [0, 0.05) is 49.9 Å². The van der Waals surface area contributed by atoms with Gasteiger partial charge in [0.25, 0.3) is 0 Å². The molecule has 0 spiro atoms. The maximum Gasteiger partial charge on any atom is 0.243 e. The second kappa shape index (κ2) is 11.4. The summed E-state index contributed by atoms with van der Waals surface area (Å²) in [6, 6.07) is 8.64. The molecule has 0 saturated carbocycles. The number of likely N-dealkylation sites (N-methyl/N-ethyl adjacent to an activating group) is 1. The summed E-state index contributed by atoms with van der Waals surface area (Å²) in [6.07, 6.45) is 2.79. The van der Waals surface area contributed by atoms with E-state index in [0.717, 1.165) is 24.0 Å². The van der Waals surface area contributed by atoms with Crippen molar-refractivity contribution in [2.75, 3.05) is 45.2 Å². The first-order valence-electron chi connectivity index (χ1n) is 8.36.